The van der Waals surface area contributed by atoms with Crippen LogP contribution in [-0.2, 0) is 13.1 Å². The summed E-state index contributed by atoms with van der Waals surface area (Å²) in [6.07, 6.45) is 4.62. The maximum atomic E-state index is 13.4. The van der Waals surface area contributed by atoms with Crippen molar-refractivity contribution < 1.29 is 17.6 Å². The number of pyridine rings is 1. The second-order valence-electron chi connectivity index (χ2n) is 5.20. The molecular formula is C17H12ClF3N2O. The maximum Gasteiger partial charge on any atom is 0.194 e. The van der Waals surface area contributed by atoms with Crippen molar-refractivity contribution in [3.8, 4) is 0 Å². The summed E-state index contributed by atoms with van der Waals surface area (Å²) in [7, 11) is 0. The van der Waals surface area contributed by atoms with Crippen LogP contribution >= 0.6 is 11.6 Å². The fourth-order valence-electron chi connectivity index (χ4n) is 2.32. The molecule has 1 aromatic carbocycles. The molecule has 7 heteroatoms. The van der Waals surface area contributed by atoms with Crippen LogP contribution in [0.2, 0.25) is 5.15 Å². The average molecular weight is 353 g/mol. The van der Waals surface area contributed by atoms with E-state index < -0.39 is 17.5 Å². The van der Waals surface area contributed by atoms with Gasteiger partial charge in [-0.05, 0) is 35.4 Å². The van der Waals surface area contributed by atoms with Gasteiger partial charge in [0.25, 0.3) is 0 Å². The predicted octanol–water partition coefficient (Wildman–Crippen LogP) is 4.95. The molecule has 3 aromatic rings. The van der Waals surface area contributed by atoms with Crippen LogP contribution in [0.15, 0.2) is 53.5 Å². The molecule has 0 atom stereocenters. The molecule has 2 aromatic heterocycles. The number of aromatic nitrogens is 1. The van der Waals surface area contributed by atoms with Crippen LogP contribution in [0.25, 0.3) is 0 Å². The van der Waals surface area contributed by atoms with E-state index >= 15 is 0 Å². The molecule has 24 heavy (non-hydrogen) atoms. The molecule has 0 amide bonds. The summed E-state index contributed by atoms with van der Waals surface area (Å²) < 4.78 is 45.0. The molecule has 3 nitrogen and oxygen atoms in total. The topological polar surface area (TPSA) is 29.3 Å². The van der Waals surface area contributed by atoms with E-state index in [4.69, 9.17) is 16.0 Å². The van der Waals surface area contributed by atoms with Gasteiger partial charge in [0.1, 0.15) is 11.4 Å². The van der Waals surface area contributed by atoms with E-state index in [1.807, 2.05) is 4.90 Å². The first-order chi connectivity index (χ1) is 11.5. The highest BCUT2D eigenvalue weighted by Gasteiger charge is 2.15. The second kappa shape index (κ2) is 6.97. The van der Waals surface area contributed by atoms with Gasteiger partial charge in [0, 0.05) is 19.3 Å². The van der Waals surface area contributed by atoms with Gasteiger partial charge in [-0.1, -0.05) is 17.7 Å². The number of hydrogen-bond acceptors (Lipinski definition) is 3. The number of furan rings is 1. The van der Waals surface area contributed by atoms with Crippen LogP contribution in [0.5, 0.6) is 0 Å². The van der Waals surface area contributed by atoms with Gasteiger partial charge in [-0.25, -0.2) is 18.2 Å². The first-order valence-corrected chi connectivity index (χ1v) is 7.42. The minimum Gasteiger partial charge on any atom is -0.470 e. The third-order valence-electron chi connectivity index (χ3n) is 3.45. The first-order valence-electron chi connectivity index (χ1n) is 7.04. The summed E-state index contributed by atoms with van der Waals surface area (Å²) in [5.41, 5.74) is 1.87. The van der Waals surface area contributed by atoms with Crippen molar-refractivity contribution in [2.75, 3.05) is 4.90 Å². The summed E-state index contributed by atoms with van der Waals surface area (Å²) in [4.78, 5) is 5.83. The van der Waals surface area contributed by atoms with E-state index in [9.17, 15) is 13.2 Å². The number of halogens is 4. The molecule has 3 rings (SSSR count). The minimum atomic E-state index is -1.48. The average Bonchev–Trinajstić information content (AvgIpc) is 3.08. The van der Waals surface area contributed by atoms with Crippen molar-refractivity contribution in [1.29, 1.82) is 0 Å². The highest BCUT2D eigenvalue weighted by atomic mass is 35.5. The third kappa shape index (κ3) is 3.71. The van der Waals surface area contributed by atoms with Crippen LogP contribution < -0.4 is 4.90 Å². The predicted molar refractivity (Wildman–Crippen MR) is 84.2 cm³/mol. The van der Waals surface area contributed by atoms with Crippen LogP contribution in [0.3, 0.4) is 0 Å². The smallest absolute Gasteiger partial charge is 0.194 e. The quantitative estimate of drug-likeness (QED) is 0.480. The largest absolute Gasteiger partial charge is 0.470 e. The van der Waals surface area contributed by atoms with Gasteiger partial charge in [0.05, 0.1) is 12.0 Å². The van der Waals surface area contributed by atoms with E-state index in [-0.39, 0.29) is 6.54 Å². The molecule has 0 bridgehead atoms. The number of benzene rings is 1. The third-order valence-corrected chi connectivity index (χ3v) is 3.67. The van der Waals surface area contributed by atoms with E-state index in [1.165, 1.54) is 12.5 Å². The molecule has 0 fully saturated rings. The van der Waals surface area contributed by atoms with Crippen molar-refractivity contribution in [3.05, 3.63) is 82.8 Å². The van der Waals surface area contributed by atoms with Gasteiger partial charge in [-0.15, -0.1) is 0 Å². The Labute approximate surface area is 141 Å². The Kier molecular flexibility index (Phi) is 4.76. The Morgan fingerprint density at radius 2 is 1.71 bits per heavy atom. The summed E-state index contributed by atoms with van der Waals surface area (Å²) in [6, 6.07) is 7.13. The number of hydrogen-bond donors (Lipinski definition) is 0. The second-order valence-corrected chi connectivity index (χ2v) is 5.59. The zero-order chi connectivity index (χ0) is 17.1. The van der Waals surface area contributed by atoms with Crippen molar-refractivity contribution in [3.63, 3.8) is 0 Å². The van der Waals surface area contributed by atoms with Crippen molar-refractivity contribution in [2.45, 2.75) is 13.1 Å². The molecule has 0 aliphatic rings. The summed E-state index contributed by atoms with van der Waals surface area (Å²) in [5.74, 6) is -3.91. The van der Waals surface area contributed by atoms with Crippen LogP contribution in [-0.4, -0.2) is 4.98 Å². The Balaban J connectivity index is 1.87. The van der Waals surface area contributed by atoms with E-state index in [0.717, 1.165) is 23.4 Å². The maximum absolute atomic E-state index is 13.4. The molecule has 0 saturated heterocycles. The lowest BCUT2D eigenvalue weighted by atomic mass is 10.1. The lowest BCUT2D eigenvalue weighted by molar-refractivity contribution is 0.445. The summed E-state index contributed by atoms with van der Waals surface area (Å²) in [6.45, 7) is 0.570. The van der Waals surface area contributed by atoms with Crippen LogP contribution in [0.4, 0.5) is 18.9 Å². The van der Waals surface area contributed by atoms with Gasteiger partial charge in [0.15, 0.2) is 17.5 Å². The van der Waals surface area contributed by atoms with E-state index in [2.05, 4.69) is 4.98 Å². The fourth-order valence-corrected chi connectivity index (χ4v) is 2.43. The van der Waals surface area contributed by atoms with Crippen molar-refractivity contribution in [2.24, 2.45) is 0 Å². The molecular weight excluding hydrogens is 341 g/mol. The highest BCUT2D eigenvalue weighted by Crippen LogP contribution is 2.22. The normalized spacial score (nSPS) is 10.8. The zero-order valence-corrected chi connectivity index (χ0v) is 13.1. The lowest BCUT2D eigenvalue weighted by Crippen LogP contribution is -2.22. The van der Waals surface area contributed by atoms with Gasteiger partial charge in [-0.3, -0.25) is 0 Å². The molecule has 0 saturated carbocycles. The molecule has 0 aliphatic carbocycles. The SMILES string of the molecule is Fc1cc(CN(Cc2ccc(Cl)nc2)c2ccoc2)cc(F)c1F. The minimum absolute atomic E-state index is 0.163. The Hall–Kier alpha value is -2.47. The first kappa shape index (κ1) is 16.4. The van der Waals surface area contributed by atoms with Crippen molar-refractivity contribution in [1.82, 2.24) is 4.98 Å². The molecule has 0 spiro atoms. The molecule has 0 radical (unpaired) electrons. The van der Waals surface area contributed by atoms with Gasteiger partial charge >= 0.3 is 0 Å². The Morgan fingerprint density at radius 1 is 1.00 bits per heavy atom. The van der Waals surface area contributed by atoms with Crippen molar-refractivity contribution >= 4 is 17.3 Å². The van der Waals surface area contributed by atoms with Crippen LogP contribution in [0, 0.1) is 17.5 Å². The summed E-state index contributed by atoms with van der Waals surface area (Å²) in [5, 5.41) is 0.372. The highest BCUT2D eigenvalue weighted by molar-refractivity contribution is 6.29. The van der Waals surface area contributed by atoms with E-state index in [1.54, 1.807) is 24.4 Å². The van der Waals surface area contributed by atoms with Crippen LogP contribution in [0.1, 0.15) is 11.1 Å². The standard InChI is InChI=1S/C17H12ClF3N2O/c18-16-2-1-11(7-22-16)8-23(13-3-4-24-10-13)9-12-5-14(19)17(21)15(20)6-12/h1-7,10H,8-9H2. The molecule has 2 heterocycles. The molecule has 0 unspecified atom stereocenters. The molecule has 0 N–H and O–H groups in total. The van der Waals surface area contributed by atoms with E-state index in [0.29, 0.717) is 17.3 Å². The molecule has 0 aliphatic heterocycles. The number of anilines is 1. The number of nitrogens with zero attached hydrogens (tertiary/aromatic N) is 2. The van der Waals surface area contributed by atoms with Gasteiger partial charge in [0.2, 0.25) is 0 Å². The number of rotatable bonds is 5. The Bertz CT molecular complexity index is 799. The monoisotopic (exact) mass is 352 g/mol. The lowest BCUT2D eigenvalue weighted by Gasteiger charge is -2.23. The van der Waals surface area contributed by atoms with Gasteiger partial charge < -0.3 is 9.32 Å². The fraction of sp³-hybridized carbons (Fsp3) is 0.118. The zero-order valence-electron chi connectivity index (χ0n) is 12.3. The van der Waals surface area contributed by atoms with Gasteiger partial charge in [-0.2, -0.15) is 0 Å². The summed E-state index contributed by atoms with van der Waals surface area (Å²) >= 11 is 5.77. The Morgan fingerprint density at radius 3 is 2.29 bits per heavy atom. The molecule has 124 valence electrons.